The molecular formula is C14H9ClFN. The maximum Gasteiger partial charge on any atom is 0.129 e. The summed E-state index contributed by atoms with van der Waals surface area (Å²) in [5.74, 6) is -0.451. The van der Waals surface area contributed by atoms with E-state index in [0.717, 1.165) is 5.56 Å². The van der Waals surface area contributed by atoms with Gasteiger partial charge in [-0.05, 0) is 17.7 Å². The van der Waals surface area contributed by atoms with Crippen LogP contribution in [0.15, 0.2) is 48.5 Å². The van der Waals surface area contributed by atoms with Crippen molar-refractivity contribution < 1.29 is 4.39 Å². The first-order valence-electron chi connectivity index (χ1n) is 5.11. The Kier molecular flexibility index (Phi) is 3.41. The molecule has 2 aromatic carbocycles. The predicted molar refractivity (Wildman–Crippen MR) is 65.3 cm³/mol. The van der Waals surface area contributed by atoms with Gasteiger partial charge >= 0.3 is 0 Å². The van der Waals surface area contributed by atoms with Crippen molar-refractivity contribution in [3.63, 3.8) is 0 Å². The zero-order valence-corrected chi connectivity index (χ0v) is 9.66. The molecule has 0 aliphatic rings. The molecule has 0 spiro atoms. The van der Waals surface area contributed by atoms with Crippen molar-refractivity contribution >= 4 is 11.6 Å². The second-order valence-electron chi connectivity index (χ2n) is 3.62. The third-order valence-corrected chi connectivity index (χ3v) is 2.98. The summed E-state index contributed by atoms with van der Waals surface area (Å²) >= 11 is 6.21. The Labute approximate surface area is 104 Å². The smallest absolute Gasteiger partial charge is 0.129 e. The largest absolute Gasteiger partial charge is 0.207 e. The van der Waals surface area contributed by atoms with Gasteiger partial charge in [0, 0.05) is 5.56 Å². The molecule has 2 aromatic rings. The van der Waals surface area contributed by atoms with Crippen molar-refractivity contribution in [2.24, 2.45) is 0 Å². The van der Waals surface area contributed by atoms with Gasteiger partial charge in [-0.15, -0.1) is 11.6 Å². The van der Waals surface area contributed by atoms with E-state index in [1.165, 1.54) is 6.07 Å². The normalized spacial score (nSPS) is 11.8. The van der Waals surface area contributed by atoms with Crippen molar-refractivity contribution in [2.45, 2.75) is 5.38 Å². The molecule has 0 amide bonds. The van der Waals surface area contributed by atoms with Crippen LogP contribution in [0.4, 0.5) is 4.39 Å². The molecule has 0 N–H and O–H groups in total. The molecule has 0 aromatic heterocycles. The number of alkyl halides is 1. The lowest BCUT2D eigenvalue weighted by molar-refractivity contribution is 0.612. The molecule has 2 rings (SSSR count). The molecule has 0 aliphatic carbocycles. The van der Waals surface area contributed by atoms with E-state index < -0.39 is 11.2 Å². The fourth-order valence-electron chi connectivity index (χ4n) is 1.60. The van der Waals surface area contributed by atoms with E-state index in [9.17, 15) is 4.39 Å². The monoisotopic (exact) mass is 245 g/mol. The van der Waals surface area contributed by atoms with Gasteiger partial charge in [0.2, 0.25) is 0 Å². The summed E-state index contributed by atoms with van der Waals surface area (Å²) in [4.78, 5) is 0. The SMILES string of the molecule is N#Cc1ccc(C(Cl)c2ccccc2)c(F)c1. The minimum absolute atomic E-state index is 0.295. The number of nitrogens with zero attached hydrogens (tertiary/aromatic N) is 1. The van der Waals surface area contributed by atoms with Crippen molar-refractivity contribution in [3.05, 3.63) is 71.0 Å². The van der Waals surface area contributed by atoms with Gasteiger partial charge in [-0.1, -0.05) is 36.4 Å². The molecule has 17 heavy (non-hydrogen) atoms. The Hall–Kier alpha value is -1.85. The summed E-state index contributed by atoms with van der Waals surface area (Å²) < 4.78 is 13.7. The van der Waals surface area contributed by atoms with E-state index in [1.807, 2.05) is 36.4 Å². The molecule has 0 saturated heterocycles. The summed E-state index contributed by atoms with van der Waals surface area (Å²) in [6.07, 6.45) is 0. The van der Waals surface area contributed by atoms with Gasteiger partial charge in [0.05, 0.1) is 17.0 Å². The number of nitriles is 1. The number of benzene rings is 2. The van der Waals surface area contributed by atoms with E-state index in [1.54, 1.807) is 12.1 Å². The highest BCUT2D eigenvalue weighted by Crippen LogP contribution is 2.30. The highest BCUT2D eigenvalue weighted by atomic mass is 35.5. The molecule has 1 unspecified atom stereocenters. The third-order valence-electron chi connectivity index (χ3n) is 2.49. The van der Waals surface area contributed by atoms with E-state index in [0.29, 0.717) is 11.1 Å². The van der Waals surface area contributed by atoms with Crippen molar-refractivity contribution in [1.29, 1.82) is 5.26 Å². The maximum atomic E-state index is 13.7. The Bertz CT molecular complexity index is 560. The minimum Gasteiger partial charge on any atom is -0.207 e. The third kappa shape index (κ3) is 2.46. The van der Waals surface area contributed by atoms with Gasteiger partial charge in [-0.2, -0.15) is 5.26 Å². The number of hydrogen-bond acceptors (Lipinski definition) is 1. The summed E-state index contributed by atoms with van der Waals surface area (Å²) in [7, 11) is 0. The molecule has 1 nitrogen and oxygen atoms in total. The van der Waals surface area contributed by atoms with Crippen LogP contribution in [0, 0.1) is 17.1 Å². The molecule has 0 radical (unpaired) electrons. The Morgan fingerprint density at radius 2 is 1.82 bits per heavy atom. The van der Waals surface area contributed by atoms with Gasteiger partial charge in [0.15, 0.2) is 0 Å². The summed E-state index contributed by atoms with van der Waals surface area (Å²) in [6.45, 7) is 0. The van der Waals surface area contributed by atoms with Crippen LogP contribution in [-0.4, -0.2) is 0 Å². The lowest BCUT2D eigenvalue weighted by Gasteiger charge is -2.11. The quantitative estimate of drug-likeness (QED) is 0.733. The highest BCUT2D eigenvalue weighted by Gasteiger charge is 2.15. The van der Waals surface area contributed by atoms with Crippen LogP contribution in [0.1, 0.15) is 22.1 Å². The van der Waals surface area contributed by atoms with Crippen molar-refractivity contribution in [2.75, 3.05) is 0 Å². The molecule has 0 aliphatic heterocycles. The molecule has 0 fully saturated rings. The lowest BCUT2D eigenvalue weighted by atomic mass is 10.0. The molecule has 0 bridgehead atoms. The van der Waals surface area contributed by atoms with Crippen LogP contribution >= 0.6 is 11.6 Å². The van der Waals surface area contributed by atoms with Gasteiger partial charge in [0.25, 0.3) is 0 Å². The van der Waals surface area contributed by atoms with Crippen LogP contribution in [-0.2, 0) is 0 Å². The standard InChI is InChI=1S/C14H9ClFN/c15-14(11-4-2-1-3-5-11)12-7-6-10(9-17)8-13(12)16/h1-8,14H. The number of hydrogen-bond donors (Lipinski definition) is 0. The first kappa shape index (κ1) is 11.6. The topological polar surface area (TPSA) is 23.8 Å². The molecule has 0 heterocycles. The van der Waals surface area contributed by atoms with Crippen LogP contribution < -0.4 is 0 Å². The molecular weight excluding hydrogens is 237 g/mol. The first-order chi connectivity index (χ1) is 8.22. The fraction of sp³-hybridized carbons (Fsp3) is 0.0714. The predicted octanol–water partition coefficient (Wildman–Crippen LogP) is 4.03. The van der Waals surface area contributed by atoms with Crippen LogP contribution in [0.3, 0.4) is 0 Å². The van der Waals surface area contributed by atoms with Crippen LogP contribution in [0.5, 0.6) is 0 Å². The van der Waals surface area contributed by atoms with E-state index in [-0.39, 0.29) is 0 Å². The van der Waals surface area contributed by atoms with Gasteiger partial charge in [0.1, 0.15) is 5.82 Å². The first-order valence-corrected chi connectivity index (χ1v) is 5.54. The van der Waals surface area contributed by atoms with Gasteiger partial charge < -0.3 is 0 Å². The molecule has 1 atom stereocenters. The minimum atomic E-state index is -0.538. The second-order valence-corrected chi connectivity index (χ2v) is 4.06. The average molecular weight is 246 g/mol. The van der Waals surface area contributed by atoms with E-state index in [4.69, 9.17) is 16.9 Å². The molecule has 3 heteroatoms. The number of rotatable bonds is 2. The zero-order valence-electron chi connectivity index (χ0n) is 8.90. The second kappa shape index (κ2) is 4.99. The average Bonchev–Trinajstić information content (AvgIpc) is 2.39. The lowest BCUT2D eigenvalue weighted by Crippen LogP contribution is -1.97. The zero-order chi connectivity index (χ0) is 12.3. The fourth-order valence-corrected chi connectivity index (χ4v) is 1.93. The van der Waals surface area contributed by atoms with E-state index in [2.05, 4.69) is 0 Å². The van der Waals surface area contributed by atoms with Crippen LogP contribution in [0.25, 0.3) is 0 Å². The van der Waals surface area contributed by atoms with Gasteiger partial charge in [-0.3, -0.25) is 0 Å². The molecule has 0 saturated carbocycles. The van der Waals surface area contributed by atoms with Crippen molar-refractivity contribution in [3.8, 4) is 6.07 Å². The maximum absolute atomic E-state index is 13.7. The summed E-state index contributed by atoms with van der Waals surface area (Å²) in [6, 6.07) is 15.5. The highest BCUT2D eigenvalue weighted by molar-refractivity contribution is 6.22. The van der Waals surface area contributed by atoms with Crippen LogP contribution in [0.2, 0.25) is 0 Å². The van der Waals surface area contributed by atoms with E-state index >= 15 is 0 Å². The van der Waals surface area contributed by atoms with Gasteiger partial charge in [-0.25, -0.2) is 4.39 Å². The number of halogens is 2. The Morgan fingerprint density at radius 1 is 1.12 bits per heavy atom. The Balaban J connectivity index is 2.39. The molecule has 84 valence electrons. The summed E-state index contributed by atoms with van der Waals surface area (Å²) in [5.41, 5.74) is 1.51. The Morgan fingerprint density at radius 3 is 2.41 bits per heavy atom. The summed E-state index contributed by atoms with van der Waals surface area (Å²) in [5, 5.41) is 8.12. The van der Waals surface area contributed by atoms with Crippen molar-refractivity contribution in [1.82, 2.24) is 0 Å².